The first-order valence-corrected chi connectivity index (χ1v) is 42.8. The van der Waals surface area contributed by atoms with Crippen molar-refractivity contribution < 1.29 is 37.6 Å². The lowest BCUT2D eigenvalue weighted by molar-refractivity contribution is -0.161. The van der Waals surface area contributed by atoms with Crippen molar-refractivity contribution in [2.75, 3.05) is 26.4 Å². The predicted molar refractivity (Wildman–Crippen MR) is 431 cm³/mol. The highest BCUT2D eigenvalue weighted by Gasteiger charge is 2.26. The lowest BCUT2D eigenvalue weighted by Gasteiger charge is -2.19. The minimum absolute atomic E-state index is 0.0513. The maximum absolute atomic E-state index is 12.8. The number of hydrogen-bond donors (Lipinski definition) is 2. The van der Waals surface area contributed by atoms with Crippen molar-refractivity contribution in [2.45, 2.75) is 380 Å². The molecule has 0 fully saturated rings. The van der Waals surface area contributed by atoms with E-state index in [1.807, 2.05) is 0 Å². The van der Waals surface area contributed by atoms with Crippen molar-refractivity contribution in [1.29, 1.82) is 0 Å². The van der Waals surface area contributed by atoms with E-state index in [-0.39, 0.29) is 38.6 Å². The molecule has 10 heteroatoms. The Hall–Kier alpha value is -4.11. The van der Waals surface area contributed by atoms with Crippen molar-refractivity contribution in [1.82, 2.24) is 0 Å². The van der Waals surface area contributed by atoms with Crippen LogP contribution in [0.4, 0.5) is 0 Å². The van der Waals surface area contributed by atoms with Gasteiger partial charge in [0.15, 0.2) is 6.10 Å². The van der Waals surface area contributed by atoms with Crippen LogP contribution in [0.15, 0.2) is 146 Å². The molecule has 0 aromatic rings. The maximum Gasteiger partial charge on any atom is 0.472 e. The van der Waals surface area contributed by atoms with Crippen LogP contribution >= 0.6 is 7.82 Å². The summed E-state index contributed by atoms with van der Waals surface area (Å²) in [6.07, 6.45) is 120. The number of ether oxygens (including phenoxy) is 2. The summed E-state index contributed by atoms with van der Waals surface area (Å²) < 4.78 is 33.3. The molecule has 0 aliphatic rings. The zero-order valence-electron chi connectivity index (χ0n) is 64.2. The fraction of sp³-hybridized carbons (Fsp3) is 0.708. The van der Waals surface area contributed by atoms with Gasteiger partial charge in [0.2, 0.25) is 0 Å². The van der Waals surface area contributed by atoms with E-state index in [9.17, 15) is 19.0 Å². The topological polar surface area (TPSA) is 134 Å². The summed E-state index contributed by atoms with van der Waals surface area (Å²) in [6, 6.07) is 0. The van der Waals surface area contributed by atoms with Crippen LogP contribution < -0.4 is 5.73 Å². The Morgan fingerprint density at radius 2 is 0.525 bits per heavy atom. The highest BCUT2D eigenvalue weighted by molar-refractivity contribution is 7.47. The lowest BCUT2D eigenvalue weighted by atomic mass is 10.0. The third-order valence-corrected chi connectivity index (χ3v) is 18.7. The van der Waals surface area contributed by atoms with Gasteiger partial charge in [-0.25, -0.2) is 4.57 Å². The second-order valence-corrected chi connectivity index (χ2v) is 28.7. The fourth-order valence-electron chi connectivity index (χ4n) is 11.7. The van der Waals surface area contributed by atoms with E-state index < -0.39 is 26.5 Å². The van der Waals surface area contributed by atoms with E-state index in [1.54, 1.807) is 0 Å². The highest BCUT2D eigenvalue weighted by atomic mass is 31.2. The number of allylic oxidation sites excluding steroid dienone is 24. The average Bonchev–Trinajstić information content (AvgIpc) is 1.19. The van der Waals surface area contributed by atoms with Gasteiger partial charge in [0, 0.05) is 19.4 Å². The van der Waals surface area contributed by atoms with Crippen LogP contribution in [0.25, 0.3) is 0 Å². The molecule has 0 aliphatic heterocycles. The van der Waals surface area contributed by atoms with Crippen molar-refractivity contribution in [3.63, 3.8) is 0 Å². The standard InChI is InChI=1S/C89H154NO8P/c1-3-5-7-9-11-13-15-17-19-21-23-25-27-29-31-33-35-37-39-41-42-43-44-46-48-50-52-54-56-58-60-62-64-66-68-70-72-74-76-78-80-82-89(92)98-87(86-97-99(93,94)96-84-83-90)85-95-88(91)81-79-77-75-73-71-69-67-65-63-61-59-57-55-53-51-49-47-45-40-38-36-34-32-30-28-26-24-22-20-18-16-14-12-10-8-6-4-2/h5-8,11-14,17-20,23-26,29-32,35,37,41-42,87H,3-4,9-10,15-16,21-22,27-28,33-34,36,38-40,43-86,90H2,1-2H3,(H,93,94)/b7-5-,8-6-,13-11-,14-12-,19-17-,20-18-,25-23-,26-24-,31-29-,32-30-,37-35-,42-41-. The molecule has 0 spiro atoms. The largest absolute Gasteiger partial charge is 0.472 e. The molecule has 0 aromatic heterocycles. The van der Waals surface area contributed by atoms with E-state index in [1.165, 1.54) is 225 Å². The molecule has 0 rings (SSSR count). The summed E-state index contributed by atoms with van der Waals surface area (Å²) in [5.74, 6) is -0.814. The normalized spacial score (nSPS) is 13.6. The van der Waals surface area contributed by atoms with Crippen molar-refractivity contribution in [3.8, 4) is 0 Å². The molecule has 0 radical (unpaired) electrons. The second-order valence-electron chi connectivity index (χ2n) is 27.2. The molecular formula is C89H154NO8P. The minimum Gasteiger partial charge on any atom is -0.462 e. The summed E-state index contributed by atoms with van der Waals surface area (Å²) in [5, 5.41) is 0. The number of phosphoric acid groups is 1. The monoisotopic (exact) mass is 1400 g/mol. The van der Waals surface area contributed by atoms with Crippen LogP contribution in [0.2, 0.25) is 0 Å². The van der Waals surface area contributed by atoms with Gasteiger partial charge < -0.3 is 20.1 Å². The zero-order chi connectivity index (χ0) is 71.5. The average molecular weight is 1400 g/mol. The molecular weight excluding hydrogens is 1240 g/mol. The number of hydrogen-bond acceptors (Lipinski definition) is 8. The third-order valence-electron chi connectivity index (χ3n) is 17.7. The van der Waals surface area contributed by atoms with Gasteiger partial charge in [-0.15, -0.1) is 0 Å². The van der Waals surface area contributed by atoms with Crippen LogP contribution in [0.1, 0.15) is 373 Å². The third kappa shape index (κ3) is 82.7. The van der Waals surface area contributed by atoms with E-state index >= 15 is 0 Å². The summed E-state index contributed by atoms with van der Waals surface area (Å²) in [5.41, 5.74) is 5.42. The Morgan fingerprint density at radius 3 is 0.778 bits per heavy atom. The molecule has 9 nitrogen and oxygen atoms in total. The Morgan fingerprint density at radius 1 is 0.303 bits per heavy atom. The molecule has 2 atom stereocenters. The SMILES string of the molecule is CC/C=C\C/C=C\C/C=C\C/C=C\C/C=C\C/C=C\C/C=C\CCCCCCCCCCCCCCCCCCCCCC(=O)OC(COC(=O)CCCCCCCCCCCCCCCCCCCCCCC/C=C\C/C=C\C/C=C\C/C=C\C/C=C\CC)COP(=O)(O)OCCN. The number of esters is 2. The molecule has 0 saturated heterocycles. The van der Waals surface area contributed by atoms with Gasteiger partial charge in [-0.3, -0.25) is 18.6 Å². The van der Waals surface area contributed by atoms with E-state index in [4.69, 9.17) is 24.3 Å². The Labute approximate surface area is 611 Å². The van der Waals surface area contributed by atoms with E-state index in [2.05, 4.69) is 160 Å². The van der Waals surface area contributed by atoms with E-state index in [0.717, 1.165) is 116 Å². The number of nitrogens with two attached hydrogens (primary N) is 1. The molecule has 0 aromatic carbocycles. The summed E-state index contributed by atoms with van der Waals surface area (Å²) in [7, 11) is -4.40. The molecule has 0 heterocycles. The van der Waals surface area contributed by atoms with Crippen molar-refractivity contribution >= 4 is 19.8 Å². The summed E-state index contributed by atoms with van der Waals surface area (Å²) in [4.78, 5) is 35.5. The fourth-order valence-corrected chi connectivity index (χ4v) is 12.5. The molecule has 0 saturated carbocycles. The van der Waals surface area contributed by atoms with Gasteiger partial charge in [0.05, 0.1) is 13.2 Å². The smallest absolute Gasteiger partial charge is 0.462 e. The molecule has 568 valence electrons. The van der Waals surface area contributed by atoms with Crippen molar-refractivity contribution in [3.05, 3.63) is 146 Å². The summed E-state index contributed by atoms with van der Waals surface area (Å²) >= 11 is 0. The van der Waals surface area contributed by atoms with Gasteiger partial charge >= 0.3 is 19.8 Å². The van der Waals surface area contributed by atoms with Gasteiger partial charge in [-0.05, 0) is 116 Å². The molecule has 0 bridgehead atoms. The van der Waals surface area contributed by atoms with Crippen LogP contribution in [0, 0.1) is 0 Å². The van der Waals surface area contributed by atoms with Gasteiger partial charge in [-0.2, -0.15) is 0 Å². The first-order valence-electron chi connectivity index (χ1n) is 41.3. The Kier molecular flexibility index (Phi) is 79.4. The Balaban J connectivity index is 3.79. The number of rotatable bonds is 77. The number of carbonyl (C=O) groups excluding carboxylic acids is 2. The second kappa shape index (κ2) is 82.8. The first kappa shape index (κ1) is 94.9. The zero-order valence-corrected chi connectivity index (χ0v) is 65.1. The molecule has 99 heavy (non-hydrogen) atoms. The van der Waals surface area contributed by atoms with Gasteiger partial charge in [-0.1, -0.05) is 391 Å². The quantitative estimate of drug-likeness (QED) is 0.0264. The van der Waals surface area contributed by atoms with Gasteiger partial charge in [0.1, 0.15) is 6.61 Å². The molecule has 0 amide bonds. The maximum atomic E-state index is 12.8. The van der Waals surface area contributed by atoms with Crippen LogP contribution in [0.3, 0.4) is 0 Å². The van der Waals surface area contributed by atoms with Crippen LogP contribution in [0.5, 0.6) is 0 Å². The van der Waals surface area contributed by atoms with E-state index in [0.29, 0.717) is 6.42 Å². The minimum atomic E-state index is -4.40. The molecule has 2 unspecified atom stereocenters. The first-order chi connectivity index (χ1) is 48.8. The summed E-state index contributed by atoms with van der Waals surface area (Å²) in [6.45, 7) is 3.56. The van der Waals surface area contributed by atoms with Crippen molar-refractivity contribution in [2.24, 2.45) is 5.73 Å². The predicted octanol–water partition coefficient (Wildman–Crippen LogP) is 28.1. The molecule has 3 N–H and O–H groups in total. The van der Waals surface area contributed by atoms with Gasteiger partial charge in [0.25, 0.3) is 0 Å². The number of unbranched alkanes of at least 4 members (excludes halogenated alkanes) is 40. The number of carbonyl (C=O) groups is 2. The lowest BCUT2D eigenvalue weighted by Crippen LogP contribution is -2.29. The van der Waals surface area contributed by atoms with Crippen LogP contribution in [-0.4, -0.2) is 49.3 Å². The van der Waals surface area contributed by atoms with Crippen LogP contribution in [-0.2, 0) is 32.7 Å². The Bertz CT molecular complexity index is 2150. The molecule has 0 aliphatic carbocycles. The number of phosphoric ester groups is 1. The highest BCUT2D eigenvalue weighted by Crippen LogP contribution is 2.43.